The zero-order valence-corrected chi connectivity index (χ0v) is 11.5. The summed E-state index contributed by atoms with van der Waals surface area (Å²) >= 11 is 0. The minimum atomic E-state index is 0.0166. The molecule has 0 heterocycles. The number of hydrogen-bond donors (Lipinski definition) is 1. The minimum absolute atomic E-state index is 0.0166. The Balaban J connectivity index is 2.01. The third-order valence-electron chi connectivity index (χ3n) is 3.56. The Hall–Kier alpha value is -0.570. The first-order valence-electron chi connectivity index (χ1n) is 6.96. The number of carbonyl (C=O) groups is 1. The molecule has 0 unspecified atom stereocenters. The molecule has 0 saturated heterocycles. The maximum Gasteiger partial charge on any atom is 0.246 e. The lowest BCUT2D eigenvalue weighted by molar-refractivity contribution is -0.127. The highest BCUT2D eigenvalue weighted by Crippen LogP contribution is 2.29. The Morgan fingerprint density at radius 1 is 1.29 bits per heavy atom. The van der Waals surface area contributed by atoms with E-state index in [-0.39, 0.29) is 18.6 Å². The van der Waals surface area contributed by atoms with Gasteiger partial charge in [-0.05, 0) is 32.1 Å². The molecule has 1 amide bonds. The second-order valence-corrected chi connectivity index (χ2v) is 5.62. The van der Waals surface area contributed by atoms with Gasteiger partial charge in [-0.3, -0.25) is 4.79 Å². The molecule has 1 aliphatic carbocycles. The smallest absolute Gasteiger partial charge is 0.246 e. The Bertz CT molecular complexity index is 220. The summed E-state index contributed by atoms with van der Waals surface area (Å²) in [4.78, 5) is 11.4. The van der Waals surface area contributed by atoms with Gasteiger partial charge in [0, 0.05) is 6.54 Å². The van der Waals surface area contributed by atoms with Crippen molar-refractivity contribution in [2.24, 2.45) is 11.8 Å². The van der Waals surface area contributed by atoms with Crippen molar-refractivity contribution in [2.45, 2.75) is 59.0 Å². The van der Waals surface area contributed by atoms with Crippen LogP contribution in [0.15, 0.2) is 0 Å². The molecule has 0 atom stereocenters. The van der Waals surface area contributed by atoms with Crippen LogP contribution in [0.25, 0.3) is 0 Å². The van der Waals surface area contributed by atoms with Gasteiger partial charge in [0.2, 0.25) is 5.91 Å². The molecular formula is C14H27NO2. The second kappa shape index (κ2) is 7.70. The van der Waals surface area contributed by atoms with Gasteiger partial charge in [-0.15, -0.1) is 0 Å². The van der Waals surface area contributed by atoms with Crippen molar-refractivity contribution in [3.05, 3.63) is 0 Å². The predicted molar refractivity (Wildman–Crippen MR) is 69.8 cm³/mol. The SMILES string of the molecule is CC1CCC(CCNC(=O)COC(C)C)CC1. The summed E-state index contributed by atoms with van der Waals surface area (Å²) in [5.74, 6) is 1.74. The number of carbonyl (C=O) groups excluding carboxylic acids is 1. The van der Waals surface area contributed by atoms with Crippen LogP contribution in [0, 0.1) is 11.8 Å². The van der Waals surface area contributed by atoms with Crippen molar-refractivity contribution < 1.29 is 9.53 Å². The van der Waals surface area contributed by atoms with Gasteiger partial charge in [0.25, 0.3) is 0 Å². The molecule has 0 aromatic heterocycles. The third-order valence-corrected chi connectivity index (χ3v) is 3.56. The summed E-state index contributed by atoms with van der Waals surface area (Å²) in [6, 6.07) is 0. The van der Waals surface area contributed by atoms with E-state index in [2.05, 4.69) is 12.2 Å². The summed E-state index contributed by atoms with van der Waals surface area (Å²) in [5.41, 5.74) is 0. The average molecular weight is 241 g/mol. The molecule has 1 rings (SSSR count). The average Bonchev–Trinajstić information content (AvgIpc) is 2.29. The molecule has 17 heavy (non-hydrogen) atoms. The Morgan fingerprint density at radius 2 is 1.94 bits per heavy atom. The van der Waals surface area contributed by atoms with Crippen molar-refractivity contribution in [2.75, 3.05) is 13.2 Å². The highest BCUT2D eigenvalue weighted by atomic mass is 16.5. The first kappa shape index (κ1) is 14.5. The molecule has 0 aromatic rings. The van der Waals surface area contributed by atoms with E-state index in [0.717, 1.165) is 24.8 Å². The molecule has 0 radical (unpaired) electrons. The topological polar surface area (TPSA) is 38.3 Å². The monoisotopic (exact) mass is 241 g/mol. The molecule has 1 N–H and O–H groups in total. The molecule has 0 spiro atoms. The molecule has 0 aromatic carbocycles. The zero-order chi connectivity index (χ0) is 12.7. The Morgan fingerprint density at radius 3 is 2.53 bits per heavy atom. The van der Waals surface area contributed by atoms with Crippen molar-refractivity contribution in [1.82, 2.24) is 5.32 Å². The molecule has 0 aliphatic heterocycles. The van der Waals surface area contributed by atoms with Crippen LogP contribution in [0.3, 0.4) is 0 Å². The van der Waals surface area contributed by atoms with Gasteiger partial charge in [0.15, 0.2) is 0 Å². The molecule has 1 fully saturated rings. The van der Waals surface area contributed by atoms with Crippen LogP contribution < -0.4 is 5.32 Å². The van der Waals surface area contributed by atoms with Crippen LogP contribution in [-0.4, -0.2) is 25.2 Å². The number of rotatable bonds is 6. The third kappa shape index (κ3) is 6.67. The highest BCUT2D eigenvalue weighted by molar-refractivity contribution is 5.77. The molecule has 100 valence electrons. The lowest BCUT2D eigenvalue weighted by Gasteiger charge is -2.26. The molecule has 0 bridgehead atoms. The number of amides is 1. The van der Waals surface area contributed by atoms with Gasteiger partial charge < -0.3 is 10.1 Å². The largest absolute Gasteiger partial charge is 0.369 e. The number of nitrogens with one attached hydrogen (secondary N) is 1. The fourth-order valence-corrected chi connectivity index (χ4v) is 2.33. The summed E-state index contributed by atoms with van der Waals surface area (Å²) in [7, 11) is 0. The van der Waals surface area contributed by atoms with Gasteiger partial charge in [-0.2, -0.15) is 0 Å². The Labute approximate surface area is 105 Å². The highest BCUT2D eigenvalue weighted by Gasteiger charge is 2.17. The summed E-state index contributed by atoms with van der Waals surface area (Å²) < 4.78 is 5.25. The van der Waals surface area contributed by atoms with Gasteiger partial charge in [0.05, 0.1) is 6.10 Å². The predicted octanol–water partition coefficient (Wildman–Crippen LogP) is 2.74. The molecule has 3 heteroatoms. The van der Waals surface area contributed by atoms with Crippen LogP contribution in [0.5, 0.6) is 0 Å². The summed E-state index contributed by atoms with van der Waals surface area (Å²) in [5, 5.41) is 2.93. The molecular weight excluding hydrogens is 214 g/mol. The van der Waals surface area contributed by atoms with Gasteiger partial charge in [0.1, 0.15) is 6.61 Å². The molecule has 1 saturated carbocycles. The van der Waals surface area contributed by atoms with Crippen LogP contribution in [0.4, 0.5) is 0 Å². The quantitative estimate of drug-likeness (QED) is 0.776. The number of hydrogen-bond acceptors (Lipinski definition) is 2. The fraction of sp³-hybridized carbons (Fsp3) is 0.929. The van der Waals surface area contributed by atoms with Crippen LogP contribution in [0.1, 0.15) is 52.9 Å². The first-order valence-corrected chi connectivity index (χ1v) is 6.96. The van der Waals surface area contributed by atoms with Crippen LogP contribution in [0.2, 0.25) is 0 Å². The van der Waals surface area contributed by atoms with E-state index >= 15 is 0 Å². The van der Waals surface area contributed by atoms with Crippen molar-refractivity contribution in [3.8, 4) is 0 Å². The van der Waals surface area contributed by atoms with Crippen molar-refractivity contribution >= 4 is 5.91 Å². The lowest BCUT2D eigenvalue weighted by atomic mass is 9.81. The van der Waals surface area contributed by atoms with E-state index in [4.69, 9.17) is 4.74 Å². The fourth-order valence-electron chi connectivity index (χ4n) is 2.33. The van der Waals surface area contributed by atoms with Crippen LogP contribution >= 0.6 is 0 Å². The maximum absolute atomic E-state index is 11.4. The zero-order valence-electron chi connectivity index (χ0n) is 11.5. The summed E-state index contributed by atoms with van der Waals surface area (Å²) in [6.45, 7) is 7.22. The van der Waals surface area contributed by atoms with Crippen molar-refractivity contribution in [1.29, 1.82) is 0 Å². The maximum atomic E-state index is 11.4. The molecule has 1 aliphatic rings. The van der Waals surface area contributed by atoms with Gasteiger partial charge in [-0.25, -0.2) is 0 Å². The van der Waals surface area contributed by atoms with Gasteiger partial charge >= 0.3 is 0 Å². The van der Waals surface area contributed by atoms with Crippen LogP contribution in [-0.2, 0) is 9.53 Å². The Kier molecular flexibility index (Phi) is 6.56. The van der Waals surface area contributed by atoms with Crippen molar-refractivity contribution in [3.63, 3.8) is 0 Å². The standard InChI is InChI=1S/C14H27NO2/c1-11(2)17-10-14(16)15-9-8-13-6-4-12(3)5-7-13/h11-13H,4-10H2,1-3H3,(H,15,16). The first-order chi connectivity index (χ1) is 8.08. The van der Waals surface area contributed by atoms with Gasteiger partial charge in [-0.1, -0.05) is 32.6 Å². The second-order valence-electron chi connectivity index (χ2n) is 5.62. The minimum Gasteiger partial charge on any atom is -0.369 e. The van der Waals surface area contributed by atoms with E-state index in [9.17, 15) is 4.79 Å². The normalized spacial score (nSPS) is 24.9. The lowest BCUT2D eigenvalue weighted by Crippen LogP contribution is -2.31. The molecule has 3 nitrogen and oxygen atoms in total. The van der Waals surface area contributed by atoms with E-state index in [0.29, 0.717) is 0 Å². The van der Waals surface area contributed by atoms with E-state index in [1.165, 1.54) is 25.7 Å². The van der Waals surface area contributed by atoms with E-state index in [1.807, 2.05) is 13.8 Å². The van der Waals surface area contributed by atoms with E-state index in [1.54, 1.807) is 0 Å². The van der Waals surface area contributed by atoms with E-state index < -0.39 is 0 Å². The summed E-state index contributed by atoms with van der Waals surface area (Å²) in [6.07, 6.45) is 6.63. The number of ether oxygens (including phenoxy) is 1.